The lowest BCUT2D eigenvalue weighted by Gasteiger charge is -2.46. The average molecular weight is 710 g/mol. The molecule has 1 unspecified atom stereocenters. The normalized spacial score (nSPS) is 14.9. The highest BCUT2D eigenvalue weighted by molar-refractivity contribution is 6.11. The molecule has 0 N–H and O–H groups in total. The van der Waals surface area contributed by atoms with Crippen molar-refractivity contribution < 1.29 is 0 Å². The highest BCUT2D eigenvalue weighted by Crippen LogP contribution is 2.61. The SMILES string of the molecule is c1ccc(-c2cc3ccccc3cc2N(c2ccccc2)c2ccc3c(c2)C2(c4ccccc4-c4cccc5cccc2c45)c2cccc4cccc-3c24)cc1. The van der Waals surface area contributed by atoms with E-state index in [4.69, 9.17) is 0 Å². The molecule has 1 atom stereocenters. The third kappa shape index (κ3) is 4.26. The Kier molecular flexibility index (Phi) is 6.62. The van der Waals surface area contributed by atoms with Gasteiger partial charge in [0, 0.05) is 16.9 Å². The van der Waals surface area contributed by atoms with Crippen LogP contribution in [0.3, 0.4) is 0 Å². The van der Waals surface area contributed by atoms with Crippen molar-refractivity contribution in [2.24, 2.45) is 0 Å². The van der Waals surface area contributed by atoms with E-state index >= 15 is 0 Å². The number of anilines is 3. The quantitative estimate of drug-likeness (QED) is 0.176. The molecule has 0 saturated carbocycles. The summed E-state index contributed by atoms with van der Waals surface area (Å²) < 4.78 is 0. The molecule has 0 bridgehead atoms. The predicted octanol–water partition coefficient (Wildman–Crippen LogP) is 14.6. The van der Waals surface area contributed by atoms with Crippen molar-refractivity contribution in [1.29, 1.82) is 0 Å². The van der Waals surface area contributed by atoms with Crippen molar-refractivity contribution in [3.8, 4) is 33.4 Å². The van der Waals surface area contributed by atoms with Gasteiger partial charge in [0.1, 0.15) is 0 Å². The van der Waals surface area contributed by atoms with Crippen LogP contribution in [0.25, 0.3) is 65.7 Å². The monoisotopic (exact) mass is 709 g/mol. The van der Waals surface area contributed by atoms with Gasteiger partial charge in [-0.3, -0.25) is 0 Å². The van der Waals surface area contributed by atoms with Crippen LogP contribution in [-0.2, 0) is 5.41 Å². The van der Waals surface area contributed by atoms with Crippen molar-refractivity contribution in [1.82, 2.24) is 0 Å². The minimum absolute atomic E-state index is 0.572. The van der Waals surface area contributed by atoms with Gasteiger partial charge in [0.25, 0.3) is 0 Å². The van der Waals surface area contributed by atoms with E-state index in [1.54, 1.807) is 0 Å². The molecular weight excluding hydrogens is 675 g/mol. The summed E-state index contributed by atoms with van der Waals surface area (Å²) in [6, 6.07) is 79.1. The highest BCUT2D eigenvalue weighted by atomic mass is 15.1. The molecule has 56 heavy (non-hydrogen) atoms. The molecule has 10 aromatic rings. The lowest BCUT2D eigenvalue weighted by Crippen LogP contribution is -2.36. The van der Waals surface area contributed by atoms with Gasteiger partial charge in [-0.05, 0) is 119 Å². The summed E-state index contributed by atoms with van der Waals surface area (Å²) in [4.78, 5) is 2.48. The third-order valence-electron chi connectivity index (χ3n) is 12.4. The van der Waals surface area contributed by atoms with Gasteiger partial charge in [-0.2, -0.15) is 0 Å². The average Bonchev–Trinajstić information content (AvgIpc) is 3.27. The molecule has 2 aliphatic rings. The molecule has 12 rings (SSSR count). The molecule has 1 spiro atoms. The van der Waals surface area contributed by atoms with Gasteiger partial charge in [0.15, 0.2) is 0 Å². The maximum atomic E-state index is 2.52. The minimum atomic E-state index is -0.572. The number of rotatable bonds is 4. The number of fused-ring (bicyclic) bond motifs is 9. The van der Waals surface area contributed by atoms with E-state index in [1.165, 1.54) is 88.0 Å². The molecule has 1 heteroatoms. The number of benzene rings is 10. The first-order valence-corrected chi connectivity index (χ1v) is 19.5. The topological polar surface area (TPSA) is 3.24 Å². The van der Waals surface area contributed by atoms with E-state index in [0.717, 1.165) is 17.1 Å². The third-order valence-corrected chi connectivity index (χ3v) is 12.4. The van der Waals surface area contributed by atoms with Gasteiger partial charge in [0.05, 0.1) is 11.1 Å². The summed E-state index contributed by atoms with van der Waals surface area (Å²) in [5, 5.41) is 7.65. The zero-order chi connectivity index (χ0) is 36.8. The zero-order valence-electron chi connectivity index (χ0n) is 30.7. The summed E-state index contributed by atoms with van der Waals surface area (Å²) in [5.41, 5.74) is 15.7. The van der Waals surface area contributed by atoms with E-state index in [0.29, 0.717) is 0 Å². The number of nitrogens with zero attached hydrogens (tertiary/aromatic N) is 1. The molecule has 260 valence electrons. The first kappa shape index (κ1) is 31.2. The lowest BCUT2D eigenvalue weighted by molar-refractivity contribution is 0.754. The molecule has 10 aromatic carbocycles. The molecular formula is C55H35N. The Morgan fingerprint density at radius 2 is 0.786 bits per heavy atom. The van der Waals surface area contributed by atoms with Crippen molar-refractivity contribution in [2.45, 2.75) is 5.41 Å². The van der Waals surface area contributed by atoms with Gasteiger partial charge in [-0.15, -0.1) is 0 Å². The fourth-order valence-corrected chi connectivity index (χ4v) is 10.2. The molecule has 0 aromatic heterocycles. The van der Waals surface area contributed by atoms with Crippen LogP contribution in [0, 0.1) is 0 Å². The molecule has 0 radical (unpaired) electrons. The van der Waals surface area contributed by atoms with Gasteiger partial charge >= 0.3 is 0 Å². The molecule has 2 aliphatic carbocycles. The summed E-state index contributed by atoms with van der Waals surface area (Å²) >= 11 is 0. The lowest BCUT2D eigenvalue weighted by atomic mass is 9.55. The summed E-state index contributed by atoms with van der Waals surface area (Å²) in [6.45, 7) is 0. The Bertz CT molecular complexity index is 3170. The van der Waals surface area contributed by atoms with Gasteiger partial charge < -0.3 is 4.90 Å². The molecule has 1 nitrogen and oxygen atoms in total. The van der Waals surface area contributed by atoms with Crippen LogP contribution in [0.15, 0.2) is 212 Å². The van der Waals surface area contributed by atoms with E-state index in [1.807, 2.05) is 0 Å². The minimum Gasteiger partial charge on any atom is -0.310 e. The Morgan fingerprint density at radius 1 is 0.286 bits per heavy atom. The van der Waals surface area contributed by atoms with Crippen LogP contribution < -0.4 is 4.90 Å². The van der Waals surface area contributed by atoms with Crippen LogP contribution in [0.4, 0.5) is 17.1 Å². The fourth-order valence-electron chi connectivity index (χ4n) is 10.2. The van der Waals surface area contributed by atoms with E-state index in [9.17, 15) is 0 Å². The van der Waals surface area contributed by atoms with Gasteiger partial charge in [-0.25, -0.2) is 0 Å². The second-order valence-corrected chi connectivity index (χ2v) is 15.2. The Morgan fingerprint density at radius 3 is 1.46 bits per heavy atom. The summed E-state index contributed by atoms with van der Waals surface area (Å²) in [7, 11) is 0. The Hall–Kier alpha value is -7.22. The van der Waals surface area contributed by atoms with Crippen molar-refractivity contribution in [2.75, 3.05) is 4.90 Å². The van der Waals surface area contributed by atoms with E-state index in [-0.39, 0.29) is 0 Å². The van der Waals surface area contributed by atoms with E-state index in [2.05, 4.69) is 217 Å². The van der Waals surface area contributed by atoms with Gasteiger partial charge in [0.2, 0.25) is 0 Å². The second-order valence-electron chi connectivity index (χ2n) is 15.2. The maximum absolute atomic E-state index is 2.52. The Balaban J connectivity index is 1.23. The van der Waals surface area contributed by atoms with Crippen LogP contribution in [-0.4, -0.2) is 0 Å². The standard InChI is InChI=1S/C55H35N/c1-3-15-36(16-4-1)47-33-39-17-7-8-18-40(39)34-52(47)56(41-23-5-2-6-24-41)42-31-32-44-46-27-12-20-38-22-14-30-50(54(38)46)55(51(44)35-42)48-28-10-9-25-43(48)45-26-11-19-37-21-13-29-49(55)53(37)45/h1-35H. The van der Waals surface area contributed by atoms with Crippen molar-refractivity contribution in [3.05, 3.63) is 235 Å². The van der Waals surface area contributed by atoms with Crippen LogP contribution >= 0.6 is 0 Å². The number of hydrogen-bond donors (Lipinski definition) is 0. The van der Waals surface area contributed by atoms with Crippen LogP contribution in [0.1, 0.15) is 22.3 Å². The van der Waals surface area contributed by atoms with E-state index < -0.39 is 5.41 Å². The molecule has 0 saturated heterocycles. The second kappa shape index (κ2) is 11.9. The molecule has 0 heterocycles. The molecule has 0 aliphatic heterocycles. The number of hydrogen-bond acceptors (Lipinski definition) is 1. The maximum Gasteiger partial charge on any atom is 0.0726 e. The predicted molar refractivity (Wildman–Crippen MR) is 235 cm³/mol. The smallest absolute Gasteiger partial charge is 0.0726 e. The van der Waals surface area contributed by atoms with Crippen LogP contribution in [0.5, 0.6) is 0 Å². The summed E-state index contributed by atoms with van der Waals surface area (Å²) in [6.07, 6.45) is 0. The highest BCUT2D eigenvalue weighted by Gasteiger charge is 2.48. The first-order chi connectivity index (χ1) is 27.8. The van der Waals surface area contributed by atoms with Crippen molar-refractivity contribution >= 4 is 49.4 Å². The first-order valence-electron chi connectivity index (χ1n) is 19.5. The largest absolute Gasteiger partial charge is 0.310 e. The molecule has 0 amide bonds. The van der Waals surface area contributed by atoms with Gasteiger partial charge in [-0.1, -0.05) is 176 Å². The Labute approximate surface area is 326 Å². The summed E-state index contributed by atoms with van der Waals surface area (Å²) in [5.74, 6) is 0. The van der Waals surface area contributed by atoms with Crippen LogP contribution in [0.2, 0.25) is 0 Å². The zero-order valence-corrected chi connectivity index (χ0v) is 30.7. The van der Waals surface area contributed by atoms with Crippen molar-refractivity contribution in [3.63, 3.8) is 0 Å². The number of para-hydroxylation sites is 1. The molecule has 0 fully saturated rings. The fraction of sp³-hybridized carbons (Fsp3) is 0.0182.